The zero-order valence-electron chi connectivity index (χ0n) is 11.6. The van der Waals surface area contributed by atoms with Gasteiger partial charge in [0.1, 0.15) is 0 Å². The van der Waals surface area contributed by atoms with E-state index in [-0.39, 0.29) is 0 Å². The van der Waals surface area contributed by atoms with E-state index >= 15 is 0 Å². The first-order valence-corrected chi connectivity index (χ1v) is 6.40. The molecule has 0 saturated carbocycles. The van der Waals surface area contributed by atoms with Crippen molar-refractivity contribution in [3.63, 3.8) is 0 Å². The van der Waals surface area contributed by atoms with Gasteiger partial charge in [0, 0.05) is 29.7 Å². The van der Waals surface area contributed by atoms with Gasteiger partial charge in [0.15, 0.2) is 0 Å². The second-order valence-corrected chi connectivity index (χ2v) is 4.62. The number of hydrogen-bond donors (Lipinski definition) is 0. The van der Waals surface area contributed by atoms with Crippen LogP contribution in [0.1, 0.15) is 29.4 Å². The van der Waals surface area contributed by atoms with E-state index in [9.17, 15) is 0 Å². The molecule has 0 N–H and O–H groups in total. The quantitative estimate of drug-likeness (QED) is 0.716. The standard InChI is InChI=1S/C16H20N2/c1-5-18-13(3)10-15(14(18)4)11-17-16-9-7-6-8-12(16)2/h6-11H,5H2,1-4H3. The number of hydrogen-bond acceptors (Lipinski definition) is 1. The van der Waals surface area contributed by atoms with Crippen LogP contribution >= 0.6 is 0 Å². The van der Waals surface area contributed by atoms with Gasteiger partial charge >= 0.3 is 0 Å². The number of benzene rings is 1. The summed E-state index contributed by atoms with van der Waals surface area (Å²) in [7, 11) is 0. The number of para-hydroxylation sites is 1. The molecule has 94 valence electrons. The van der Waals surface area contributed by atoms with Crippen LogP contribution in [0, 0.1) is 20.8 Å². The minimum absolute atomic E-state index is 1.01. The summed E-state index contributed by atoms with van der Waals surface area (Å²) in [6, 6.07) is 10.4. The molecule has 2 rings (SSSR count). The molecule has 0 atom stereocenters. The first kappa shape index (κ1) is 12.6. The molecule has 0 unspecified atom stereocenters. The minimum atomic E-state index is 1.01. The van der Waals surface area contributed by atoms with E-state index in [1.165, 1.54) is 22.5 Å². The van der Waals surface area contributed by atoms with E-state index < -0.39 is 0 Å². The van der Waals surface area contributed by atoms with Crippen LogP contribution in [0.2, 0.25) is 0 Å². The molecule has 0 saturated heterocycles. The maximum atomic E-state index is 4.59. The molecule has 2 aromatic rings. The average molecular weight is 240 g/mol. The Morgan fingerprint density at radius 3 is 2.50 bits per heavy atom. The van der Waals surface area contributed by atoms with E-state index in [2.05, 4.69) is 49.4 Å². The first-order valence-electron chi connectivity index (χ1n) is 6.40. The summed E-state index contributed by atoms with van der Waals surface area (Å²) < 4.78 is 2.30. The Hall–Kier alpha value is -1.83. The maximum absolute atomic E-state index is 4.59. The smallest absolute Gasteiger partial charge is 0.0659 e. The SMILES string of the molecule is CCn1c(C)cc(C=Nc2ccccc2C)c1C. The Balaban J connectivity index is 2.33. The molecule has 0 bridgehead atoms. The topological polar surface area (TPSA) is 17.3 Å². The maximum Gasteiger partial charge on any atom is 0.0659 e. The van der Waals surface area contributed by atoms with Crippen molar-refractivity contribution in [3.8, 4) is 0 Å². The largest absolute Gasteiger partial charge is 0.349 e. The van der Waals surface area contributed by atoms with Gasteiger partial charge in [-0.1, -0.05) is 18.2 Å². The Labute approximate surface area is 109 Å². The predicted octanol–water partition coefficient (Wildman–Crippen LogP) is 4.18. The lowest BCUT2D eigenvalue weighted by molar-refractivity contribution is 0.718. The highest BCUT2D eigenvalue weighted by molar-refractivity contribution is 5.84. The van der Waals surface area contributed by atoms with Crippen LogP contribution in [0.15, 0.2) is 35.3 Å². The molecule has 1 aromatic carbocycles. The van der Waals surface area contributed by atoms with Crippen molar-refractivity contribution in [2.75, 3.05) is 0 Å². The van der Waals surface area contributed by atoms with E-state index in [4.69, 9.17) is 0 Å². The summed E-state index contributed by atoms with van der Waals surface area (Å²) in [5, 5.41) is 0. The van der Waals surface area contributed by atoms with Crippen molar-refractivity contribution >= 4 is 11.9 Å². The van der Waals surface area contributed by atoms with Crippen molar-refractivity contribution in [1.82, 2.24) is 4.57 Å². The van der Waals surface area contributed by atoms with E-state index in [1.807, 2.05) is 24.4 Å². The third kappa shape index (κ3) is 2.37. The molecule has 0 aliphatic rings. The predicted molar refractivity (Wildman–Crippen MR) is 78.0 cm³/mol. The fourth-order valence-corrected chi connectivity index (χ4v) is 2.29. The second kappa shape index (κ2) is 5.21. The van der Waals surface area contributed by atoms with Crippen LogP contribution in [0.3, 0.4) is 0 Å². The molecular weight excluding hydrogens is 220 g/mol. The molecule has 0 amide bonds. The number of rotatable bonds is 3. The van der Waals surface area contributed by atoms with Crippen molar-refractivity contribution in [2.45, 2.75) is 34.2 Å². The Morgan fingerprint density at radius 2 is 1.89 bits per heavy atom. The van der Waals surface area contributed by atoms with Gasteiger partial charge in [-0.15, -0.1) is 0 Å². The lowest BCUT2D eigenvalue weighted by atomic mass is 10.2. The van der Waals surface area contributed by atoms with Gasteiger partial charge in [0.2, 0.25) is 0 Å². The Morgan fingerprint density at radius 1 is 1.17 bits per heavy atom. The summed E-state index contributed by atoms with van der Waals surface area (Å²) in [4.78, 5) is 4.59. The van der Waals surface area contributed by atoms with Crippen molar-refractivity contribution in [3.05, 3.63) is 52.8 Å². The van der Waals surface area contributed by atoms with Gasteiger partial charge < -0.3 is 4.57 Å². The lowest BCUT2D eigenvalue weighted by Gasteiger charge is -2.04. The molecule has 0 aliphatic carbocycles. The summed E-state index contributed by atoms with van der Waals surface area (Å²) in [5.41, 5.74) is 6.03. The molecule has 0 fully saturated rings. The molecule has 1 heterocycles. The van der Waals surface area contributed by atoms with Gasteiger partial charge in [-0.25, -0.2) is 0 Å². The van der Waals surface area contributed by atoms with Gasteiger partial charge in [-0.05, 0) is 45.4 Å². The Bertz CT molecular complexity index is 577. The fraction of sp³-hybridized carbons (Fsp3) is 0.312. The summed E-state index contributed by atoms with van der Waals surface area (Å²) in [6.07, 6.45) is 1.97. The van der Waals surface area contributed by atoms with Crippen LogP contribution in [0.4, 0.5) is 5.69 Å². The van der Waals surface area contributed by atoms with Crippen molar-refractivity contribution in [2.24, 2.45) is 4.99 Å². The van der Waals surface area contributed by atoms with E-state index in [0.717, 1.165) is 12.2 Å². The van der Waals surface area contributed by atoms with Crippen LogP contribution in [0.25, 0.3) is 0 Å². The van der Waals surface area contributed by atoms with Gasteiger partial charge in [0.05, 0.1) is 5.69 Å². The second-order valence-electron chi connectivity index (χ2n) is 4.62. The third-order valence-corrected chi connectivity index (χ3v) is 3.39. The summed E-state index contributed by atoms with van der Waals surface area (Å²) in [5.74, 6) is 0. The minimum Gasteiger partial charge on any atom is -0.349 e. The summed E-state index contributed by atoms with van der Waals surface area (Å²) in [6.45, 7) is 9.55. The van der Waals surface area contributed by atoms with Crippen LogP contribution in [0.5, 0.6) is 0 Å². The molecule has 2 nitrogen and oxygen atoms in total. The molecule has 0 aliphatic heterocycles. The van der Waals surface area contributed by atoms with Crippen LogP contribution in [-0.4, -0.2) is 10.8 Å². The zero-order valence-corrected chi connectivity index (χ0v) is 11.6. The lowest BCUT2D eigenvalue weighted by Crippen LogP contribution is -1.99. The van der Waals surface area contributed by atoms with Gasteiger partial charge in [0.25, 0.3) is 0 Å². The fourth-order valence-electron chi connectivity index (χ4n) is 2.29. The average Bonchev–Trinajstić information content (AvgIpc) is 2.63. The van der Waals surface area contributed by atoms with E-state index in [1.54, 1.807) is 0 Å². The van der Waals surface area contributed by atoms with Crippen LogP contribution in [-0.2, 0) is 6.54 Å². The van der Waals surface area contributed by atoms with Gasteiger partial charge in [-0.3, -0.25) is 4.99 Å². The molecular formula is C16H20N2. The zero-order chi connectivity index (χ0) is 13.1. The number of nitrogens with zero attached hydrogens (tertiary/aromatic N) is 2. The van der Waals surface area contributed by atoms with Crippen LogP contribution < -0.4 is 0 Å². The monoisotopic (exact) mass is 240 g/mol. The molecule has 1 aromatic heterocycles. The highest BCUT2D eigenvalue weighted by Gasteiger charge is 2.05. The third-order valence-electron chi connectivity index (χ3n) is 3.39. The summed E-state index contributed by atoms with van der Waals surface area (Å²) >= 11 is 0. The highest BCUT2D eigenvalue weighted by atomic mass is 15.0. The van der Waals surface area contributed by atoms with Crippen molar-refractivity contribution < 1.29 is 0 Å². The van der Waals surface area contributed by atoms with Crippen molar-refractivity contribution in [1.29, 1.82) is 0 Å². The molecule has 2 heteroatoms. The highest BCUT2D eigenvalue weighted by Crippen LogP contribution is 2.18. The van der Waals surface area contributed by atoms with Gasteiger partial charge in [-0.2, -0.15) is 0 Å². The number of aromatic nitrogens is 1. The normalized spacial score (nSPS) is 11.3. The molecule has 18 heavy (non-hydrogen) atoms. The molecule has 0 spiro atoms. The number of aliphatic imine (C=N–C) groups is 1. The Kier molecular flexibility index (Phi) is 3.66. The molecule has 0 radical (unpaired) electrons. The number of aryl methyl sites for hydroxylation is 2. The first-order chi connectivity index (χ1) is 8.63. The van der Waals surface area contributed by atoms with E-state index in [0.29, 0.717) is 0 Å².